The molecule has 1 N–H and O–H groups in total. The van der Waals surface area contributed by atoms with Crippen LogP contribution in [-0.2, 0) is 13.0 Å². The third kappa shape index (κ3) is 3.07. The molecule has 2 aromatic rings. The lowest BCUT2D eigenvalue weighted by Gasteiger charge is -2.13. The summed E-state index contributed by atoms with van der Waals surface area (Å²) in [5.41, 5.74) is 2.11. The maximum atomic E-state index is 5.68. The van der Waals surface area contributed by atoms with Crippen LogP contribution in [0, 0.1) is 6.92 Å². The topological polar surface area (TPSA) is 43.6 Å². The molecule has 0 unspecified atom stereocenters. The number of anilines is 1. The summed E-state index contributed by atoms with van der Waals surface area (Å²) in [6.07, 6.45) is 0.912. The van der Waals surface area contributed by atoms with E-state index in [0.29, 0.717) is 12.3 Å². The second kappa shape index (κ2) is 6.37. The zero-order chi connectivity index (χ0) is 14.5. The van der Waals surface area contributed by atoms with E-state index < -0.39 is 0 Å². The number of hydrogen-bond donors (Lipinski definition) is 1. The highest BCUT2D eigenvalue weighted by Crippen LogP contribution is 2.33. The number of hydrogen-bond acceptors (Lipinski definition) is 4. The molecule has 0 fully saturated rings. The third-order valence-corrected chi connectivity index (χ3v) is 3.25. The summed E-state index contributed by atoms with van der Waals surface area (Å²) in [5, 5.41) is 3.36. The van der Waals surface area contributed by atoms with Crippen LogP contribution >= 0.6 is 0 Å². The molecule has 0 radical (unpaired) electrons. The van der Waals surface area contributed by atoms with Gasteiger partial charge in [0.1, 0.15) is 11.5 Å². The molecular formula is C16H21NO3. The number of aryl methyl sites for hydroxylation is 2. The minimum Gasteiger partial charge on any atom is -0.493 e. The molecule has 1 aromatic heterocycles. The average Bonchev–Trinajstić information content (AvgIpc) is 2.93. The molecule has 0 aliphatic carbocycles. The Kier molecular flexibility index (Phi) is 4.56. The molecular weight excluding hydrogens is 254 g/mol. The van der Waals surface area contributed by atoms with Gasteiger partial charge in [-0.2, -0.15) is 0 Å². The number of ether oxygens (including phenoxy) is 2. The minimum absolute atomic E-state index is 0.649. The van der Waals surface area contributed by atoms with Crippen LogP contribution < -0.4 is 14.8 Å². The Labute approximate surface area is 119 Å². The van der Waals surface area contributed by atoms with Crippen LogP contribution in [0.25, 0.3) is 0 Å². The zero-order valence-corrected chi connectivity index (χ0v) is 12.4. The van der Waals surface area contributed by atoms with Crippen LogP contribution in [-0.4, -0.2) is 14.2 Å². The quantitative estimate of drug-likeness (QED) is 0.871. The van der Waals surface area contributed by atoms with Gasteiger partial charge in [-0.3, -0.25) is 0 Å². The molecule has 0 saturated heterocycles. The summed E-state index contributed by atoms with van der Waals surface area (Å²) in [5.74, 6) is 3.39. The smallest absolute Gasteiger partial charge is 0.162 e. The molecule has 1 aromatic carbocycles. The fourth-order valence-corrected chi connectivity index (χ4v) is 2.06. The number of benzene rings is 1. The molecule has 108 valence electrons. The third-order valence-electron chi connectivity index (χ3n) is 3.25. The van der Waals surface area contributed by atoms with Gasteiger partial charge in [-0.05, 0) is 30.7 Å². The van der Waals surface area contributed by atoms with E-state index in [0.717, 1.165) is 34.9 Å². The van der Waals surface area contributed by atoms with Crippen LogP contribution in [0.5, 0.6) is 11.5 Å². The molecule has 0 atom stereocenters. The van der Waals surface area contributed by atoms with Gasteiger partial charge >= 0.3 is 0 Å². The molecule has 1 heterocycles. The molecule has 0 bridgehead atoms. The average molecular weight is 275 g/mol. The molecule has 0 spiro atoms. The van der Waals surface area contributed by atoms with Gasteiger partial charge in [-0.25, -0.2) is 0 Å². The zero-order valence-electron chi connectivity index (χ0n) is 12.4. The predicted octanol–water partition coefficient (Wildman–Crippen LogP) is 3.78. The van der Waals surface area contributed by atoms with E-state index in [1.165, 1.54) is 0 Å². The van der Waals surface area contributed by atoms with E-state index in [9.17, 15) is 0 Å². The van der Waals surface area contributed by atoms with Crippen molar-refractivity contribution < 1.29 is 13.9 Å². The summed E-state index contributed by atoms with van der Waals surface area (Å²) in [6.45, 7) is 4.76. The van der Waals surface area contributed by atoms with Crippen molar-refractivity contribution in [3.8, 4) is 11.5 Å². The standard InChI is InChI=1S/C16H21NO3/c1-5-12-6-7-13(20-12)10-17-14-9-16(19-4)15(18-3)8-11(14)2/h6-9,17H,5,10H2,1-4H3. The Bertz CT molecular complexity index is 575. The molecule has 0 saturated carbocycles. The van der Waals surface area contributed by atoms with E-state index in [2.05, 4.69) is 12.2 Å². The molecule has 0 aliphatic rings. The van der Waals surface area contributed by atoms with Crippen LogP contribution in [0.2, 0.25) is 0 Å². The normalized spacial score (nSPS) is 10.4. The first-order valence-electron chi connectivity index (χ1n) is 6.72. The monoisotopic (exact) mass is 275 g/mol. The van der Waals surface area contributed by atoms with Gasteiger partial charge in [0.05, 0.1) is 20.8 Å². The summed E-state index contributed by atoms with van der Waals surface area (Å²) in [6, 6.07) is 7.92. The van der Waals surface area contributed by atoms with Crippen molar-refractivity contribution >= 4 is 5.69 Å². The highest BCUT2D eigenvalue weighted by molar-refractivity contribution is 5.60. The maximum Gasteiger partial charge on any atom is 0.162 e. The molecule has 0 amide bonds. The second-order valence-corrected chi connectivity index (χ2v) is 4.60. The van der Waals surface area contributed by atoms with Crippen molar-refractivity contribution in [2.45, 2.75) is 26.8 Å². The first kappa shape index (κ1) is 14.3. The van der Waals surface area contributed by atoms with E-state index in [4.69, 9.17) is 13.9 Å². The van der Waals surface area contributed by atoms with E-state index in [-0.39, 0.29) is 0 Å². The van der Waals surface area contributed by atoms with Crippen LogP contribution in [0.15, 0.2) is 28.7 Å². The Hall–Kier alpha value is -2.10. The molecule has 4 nitrogen and oxygen atoms in total. The lowest BCUT2D eigenvalue weighted by atomic mass is 10.1. The SMILES string of the molecule is CCc1ccc(CNc2cc(OC)c(OC)cc2C)o1. The summed E-state index contributed by atoms with van der Waals surface area (Å²) >= 11 is 0. The Morgan fingerprint density at radius 1 is 1.05 bits per heavy atom. The summed E-state index contributed by atoms with van der Waals surface area (Å²) < 4.78 is 16.3. The molecule has 0 aliphatic heterocycles. The Morgan fingerprint density at radius 2 is 1.70 bits per heavy atom. The predicted molar refractivity (Wildman–Crippen MR) is 79.7 cm³/mol. The van der Waals surface area contributed by atoms with E-state index in [1.807, 2.05) is 31.2 Å². The molecule has 4 heteroatoms. The molecule has 20 heavy (non-hydrogen) atoms. The van der Waals surface area contributed by atoms with Crippen molar-refractivity contribution in [2.75, 3.05) is 19.5 Å². The highest BCUT2D eigenvalue weighted by Gasteiger charge is 2.09. The number of nitrogens with one attached hydrogen (secondary N) is 1. The first-order chi connectivity index (χ1) is 9.67. The van der Waals surface area contributed by atoms with Gasteiger partial charge in [0.2, 0.25) is 0 Å². The van der Waals surface area contributed by atoms with Crippen molar-refractivity contribution in [2.24, 2.45) is 0 Å². The van der Waals surface area contributed by atoms with E-state index in [1.54, 1.807) is 14.2 Å². The summed E-state index contributed by atoms with van der Waals surface area (Å²) in [7, 11) is 3.27. The van der Waals surface area contributed by atoms with Crippen molar-refractivity contribution in [1.29, 1.82) is 0 Å². The van der Waals surface area contributed by atoms with Gasteiger partial charge in [0.25, 0.3) is 0 Å². The largest absolute Gasteiger partial charge is 0.493 e. The van der Waals surface area contributed by atoms with E-state index >= 15 is 0 Å². The van der Waals surface area contributed by atoms with Crippen molar-refractivity contribution in [1.82, 2.24) is 0 Å². The number of methoxy groups -OCH3 is 2. The summed E-state index contributed by atoms with van der Waals surface area (Å²) in [4.78, 5) is 0. The minimum atomic E-state index is 0.649. The van der Waals surface area contributed by atoms with Crippen LogP contribution in [0.1, 0.15) is 24.0 Å². The fraction of sp³-hybridized carbons (Fsp3) is 0.375. The molecule has 2 rings (SSSR count). The second-order valence-electron chi connectivity index (χ2n) is 4.60. The van der Waals surface area contributed by atoms with Gasteiger partial charge in [0, 0.05) is 18.2 Å². The Morgan fingerprint density at radius 3 is 2.30 bits per heavy atom. The Balaban J connectivity index is 2.12. The first-order valence-corrected chi connectivity index (χ1v) is 6.72. The van der Waals surface area contributed by atoms with Crippen LogP contribution in [0.3, 0.4) is 0 Å². The van der Waals surface area contributed by atoms with Crippen molar-refractivity contribution in [3.05, 3.63) is 41.3 Å². The highest BCUT2D eigenvalue weighted by atomic mass is 16.5. The van der Waals surface area contributed by atoms with Gasteiger partial charge < -0.3 is 19.2 Å². The van der Waals surface area contributed by atoms with Gasteiger partial charge in [-0.15, -0.1) is 0 Å². The number of furan rings is 1. The van der Waals surface area contributed by atoms with Gasteiger partial charge in [0.15, 0.2) is 11.5 Å². The fourth-order valence-electron chi connectivity index (χ4n) is 2.06. The maximum absolute atomic E-state index is 5.68. The lowest BCUT2D eigenvalue weighted by Crippen LogP contribution is -2.01. The number of rotatable bonds is 6. The van der Waals surface area contributed by atoms with Crippen molar-refractivity contribution in [3.63, 3.8) is 0 Å². The van der Waals surface area contributed by atoms with Gasteiger partial charge in [-0.1, -0.05) is 6.92 Å². The lowest BCUT2D eigenvalue weighted by molar-refractivity contribution is 0.355. The van der Waals surface area contributed by atoms with Crippen LogP contribution in [0.4, 0.5) is 5.69 Å².